The van der Waals surface area contributed by atoms with E-state index in [0.717, 1.165) is 24.1 Å². The van der Waals surface area contributed by atoms with Gasteiger partial charge in [-0.2, -0.15) is 4.99 Å². The smallest absolute Gasteiger partial charge is 0.0725 e. The molecule has 0 fully saturated rings. The van der Waals surface area contributed by atoms with Crippen molar-refractivity contribution in [3.63, 3.8) is 0 Å². The van der Waals surface area contributed by atoms with Crippen molar-refractivity contribution < 1.29 is 0 Å². The third-order valence-electron chi connectivity index (χ3n) is 1.80. The summed E-state index contributed by atoms with van der Waals surface area (Å²) in [7, 11) is 0. The Bertz CT molecular complexity index is 234. The molecule has 0 unspecified atom stereocenters. The van der Waals surface area contributed by atoms with Gasteiger partial charge in [0.05, 0.1) is 10.9 Å². The molecule has 0 radical (unpaired) electrons. The molecular formula is C9H11NS. The molecule has 0 heterocycles. The molecule has 0 saturated carbocycles. The zero-order chi connectivity index (χ0) is 8.10. The van der Waals surface area contributed by atoms with Crippen LogP contribution in [0.15, 0.2) is 28.9 Å². The van der Waals surface area contributed by atoms with E-state index in [1.54, 1.807) is 0 Å². The van der Waals surface area contributed by atoms with Crippen LogP contribution in [0.4, 0.5) is 0 Å². The number of nitrogens with zero attached hydrogens (tertiary/aromatic N) is 1. The minimum absolute atomic E-state index is 0.942. The maximum absolute atomic E-state index is 4.53. The Morgan fingerprint density at radius 3 is 3.09 bits per heavy atom. The van der Waals surface area contributed by atoms with Crippen molar-refractivity contribution in [3.8, 4) is 0 Å². The molecule has 0 bridgehead atoms. The van der Waals surface area contributed by atoms with Crippen molar-refractivity contribution in [1.82, 2.24) is 0 Å². The van der Waals surface area contributed by atoms with E-state index in [1.165, 1.54) is 12.8 Å². The summed E-state index contributed by atoms with van der Waals surface area (Å²) in [5.41, 5.74) is 2.04. The van der Waals surface area contributed by atoms with Crippen LogP contribution >= 0.6 is 12.2 Å². The molecule has 0 spiro atoms. The molecule has 1 aliphatic carbocycles. The molecule has 2 heteroatoms. The summed E-state index contributed by atoms with van der Waals surface area (Å²) in [6.07, 6.45) is 6.68. The molecule has 0 aromatic heterocycles. The summed E-state index contributed by atoms with van der Waals surface area (Å²) in [5.74, 6) is 0. The standard InChI is InChI=1S/C9H11NS/c1-8-5-3-2-4-6-9(8)10-7-11/h6H,1-5H2. The van der Waals surface area contributed by atoms with Crippen LogP contribution in [0.1, 0.15) is 25.7 Å². The Balaban J connectivity index is 2.78. The zero-order valence-corrected chi connectivity index (χ0v) is 7.28. The van der Waals surface area contributed by atoms with E-state index >= 15 is 0 Å². The number of hydrogen-bond donors (Lipinski definition) is 0. The number of thiocarbonyl (C=S) groups is 1. The summed E-state index contributed by atoms with van der Waals surface area (Å²) in [5, 5.41) is 2.37. The molecule has 0 N–H and O–H groups in total. The second-order valence-electron chi connectivity index (χ2n) is 2.64. The molecule has 0 aromatic carbocycles. The van der Waals surface area contributed by atoms with Crippen molar-refractivity contribution in [2.75, 3.05) is 0 Å². The molecular weight excluding hydrogens is 154 g/mol. The third kappa shape index (κ3) is 2.41. The molecule has 1 rings (SSSR count). The average Bonchev–Trinajstić information content (AvgIpc) is 2.18. The molecule has 58 valence electrons. The summed E-state index contributed by atoms with van der Waals surface area (Å²) < 4.78 is 0. The van der Waals surface area contributed by atoms with Crippen molar-refractivity contribution in [2.45, 2.75) is 25.7 Å². The van der Waals surface area contributed by atoms with Crippen molar-refractivity contribution in [1.29, 1.82) is 0 Å². The summed E-state index contributed by atoms with van der Waals surface area (Å²) in [6, 6.07) is 0. The van der Waals surface area contributed by atoms with E-state index in [4.69, 9.17) is 0 Å². The Morgan fingerprint density at radius 2 is 2.36 bits per heavy atom. The van der Waals surface area contributed by atoms with Gasteiger partial charge in [0.1, 0.15) is 0 Å². The van der Waals surface area contributed by atoms with Gasteiger partial charge in [-0.15, -0.1) is 0 Å². The van der Waals surface area contributed by atoms with Gasteiger partial charge in [-0.3, -0.25) is 0 Å². The highest BCUT2D eigenvalue weighted by Crippen LogP contribution is 2.21. The zero-order valence-electron chi connectivity index (χ0n) is 6.47. The normalized spacial score (nSPS) is 18.2. The lowest BCUT2D eigenvalue weighted by Crippen LogP contribution is -1.81. The van der Waals surface area contributed by atoms with Gasteiger partial charge in [-0.1, -0.05) is 12.7 Å². The summed E-state index contributed by atoms with van der Waals surface area (Å²) >= 11 is 4.53. The van der Waals surface area contributed by atoms with Gasteiger partial charge in [0.15, 0.2) is 0 Å². The first-order valence-electron chi connectivity index (χ1n) is 3.81. The first-order chi connectivity index (χ1) is 5.34. The molecule has 1 nitrogen and oxygen atoms in total. The van der Waals surface area contributed by atoms with Crippen LogP contribution in [0.5, 0.6) is 0 Å². The monoisotopic (exact) mass is 165 g/mol. The van der Waals surface area contributed by atoms with Gasteiger partial charge in [0, 0.05) is 0 Å². The van der Waals surface area contributed by atoms with Gasteiger partial charge < -0.3 is 0 Å². The fourth-order valence-corrected chi connectivity index (χ4v) is 1.27. The van der Waals surface area contributed by atoms with Crippen LogP contribution in [-0.2, 0) is 0 Å². The third-order valence-corrected chi connectivity index (χ3v) is 1.89. The lowest BCUT2D eigenvalue weighted by Gasteiger charge is -1.98. The van der Waals surface area contributed by atoms with Crippen LogP contribution in [0.3, 0.4) is 0 Å². The molecule has 0 atom stereocenters. The number of aliphatic imine (C=N–C) groups is 1. The molecule has 0 aliphatic heterocycles. The predicted octanol–water partition coefficient (Wildman–Crippen LogP) is 3.10. The largest absolute Gasteiger partial charge is 0.195 e. The highest BCUT2D eigenvalue weighted by atomic mass is 32.1. The maximum Gasteiger partial charge on any atom is 0.0725 e. The second-order valence-corrected chi connectivity index (χ2v) is 2.82. The Hall–Kier alpha value is -0.720. The quantitative estimate of drug-likeness (QED) is 0.429. The van der Waals surface area contributed by atoms with Gasteiger partial charge in [-0.25, -0.2) is 0 Å². The minimum Gasteiger partial charge on any atom is -0.195 e. The first kappa shape index (κ1) is 8.38. The SMILES string of the molecule is C=C1CCCCC=C1N=C=S. The van der Waals surface area contributed by atoms with Gasteiger partial charge >= 0.3 is 0 Å². The minimum atomic E-state index is 0.942. The van der Waals surface area contributed by atoms with Gasteiger partial charge in [-0.05, 0) is 43.5 Å². The van der Waals surface area contributed by atoms with E-state index in [9.17, 15) is 0 Å². The maximum atomic E-state index is 4.53. The highest BCUT2D eigenvalue weighted by molar-refractivity contribution is 7.78. The number of isothiocyanates is 1. The van der Waals surface area contributed by atoms with Gasteiger partial charge in [0.25, 0.3) is 0 Å². The number of rotatable bonds is 1. The summed E-state index contributed by atoms with van der Waals surface area (Å²) in [6.45, 7) is 3.93. The first-order valence-corrected chi connectivity index (χ1v) is 4.21. The van der Waals surface area contributed by atoms with Crippen molar-refractivity contribution in [2.24, 2.45) is 4.99 Å². The van der Waals surface area contributed by atoms with E-state index in [-0.39, 0.29) is 0 Å². The van der Waals surface area contributed by atoms with Crippen LogP contribution in [0, 0.1) is 0 Å². The fourth-order valence-electron chi connectivity index (χ4n) is 1.17. The molecule has 1 aliphatic rings. The van der Waals surface area contributed by atoms with Crippen LogP contribution in [0.2, 0.25) is 0 Å². The fraction of sp³-hybridized carbons (Fsp3) is 0.444. The van der Waals surface area contributed by atoms with E-state index in [2.05, 4.69) is 35.0 Å². The van der Waals surface area contributed by atoms with Crippen LogP contribution in [-0.4, -0.2) is 5.16 Å². The van der Waals surface area contributed by atoms with E-state index in [1.807, 2.05) is 0 Å². The molecule has 0 saturated heterocycles. The lowest BCUT2D eigenvalue weighted by atomic mass is 10.1. The Labute approximate surface area is 72.5 Å². The molecule has 0 aromatic rings. The van der Waals surface area contributed by atoms with E-state index < -0.39 is 0 Å². The van der Waals surface area contributed by atoms with Crippen molar-refractivity contribution >= 4 is 17.4 Å². The Kier molecular flexibility index (Phi) is 3.21. The van der Waals surface area contributed by atoms with Crippen molar-refractivity contribution in [3.05, 3.63) is 23.9 Å². The topological polar surface area (TPSA) is 12.4 Å². The lowest BCUT2D eigenvalue weighted by molar-refractivity contribution is 0.765. The molecule has 0 amide bonds. The number of hydrogen-bond acceptors (Lipinski definition) is 2. The average molecular weight is 165 g/mol. The highest BCUT2D eigenvalue weighted by Gasteiger charge is 2.04. The van der Waals surface area contributed by atoms with E-state index in [0.29, 0.717) is 0 Å². The predicted molar refractivity (Wildman–Crippen MR) is 50.7 cm³/mol. The molecule has 11 heavy (non-hydrogen) atoms. The van der Waals surface area contributed by atoms with Crippen LogP contribution in [0.25, 0.3) is 0 Å². The summed E-state index contributed by atoms with van der Waals surface area (Å²) in [4.78, 5) is 3.95. The second kappa shape index (κ2) is 4.22. The number of allylic oxidation sites excluding steroid dienone is 2. The Morgan fingerprint density at radius 1 is 1.55 bits per heavy atom. The van der Waals surface area contributed by atoms with Crippen LogP contribution < -0.4 is 0 Å². The van der Waals surface area contributed by atoms with Gasteiger partial charge in [0.2, 0.25) is 0 Å².